The van der Waals surface area contributed by atoms with E-state index < -0.39 is 0 Å². The van der Waals surface area contributed by atoms with E-state index in [9.17, 15) is 5.11 Å². The van der Waals surface area contributed by atoms with Crippen LogP contribution in [-0.2, 0) is 0 Å². The Kier molecular flexibility index (Phi) is 4.12. The first-order chi connectivity index (χ1) is 13.1. The highest BCUT2D eigenvalue weighted by atomic mass is 16.5. The van der Waals surface area contributed by atoms with Crippen molar-refractivity contribution < 1.29 is 14.6 Å². The molecule has 0 saturated heterocycles. The molecule has 4 aromatic rings. The number of aryl methyl sites for hydroxylation is 1. The molecule has 7 heteroatoms. The Labute approximate surface area is 155 Å². The standard InChI is InChI=1S/C20H18N4O3/c1-11-18-13(14-6-4-5-7-21-14)10-15(22-20(18)24-23-11)12-8-16(26-2)19(25)17(9-12)27-3/h4-10,25H,1-3H3,(H,22,23,24). The van der Waals surface area contributed by atoms with Gasteiger partial charge in [0.05, 0.1) is 31.0 Å². The monoisotopic (exact) mass is 362 g/mol. The lowest BCUT2D eigenvalue weighted by Crippen LogP contribution is -1.94. The number of aromatic hydroxyl groups is 1. The summed E-state index contributed by atoms with van der Waals surface area (Å²) < 4.78 is 10.5. The summed E-state index contributed by atoms with van der Waals surface area (Å²) in [4.78, 5) is 9.15. The van der Waals surface area contributed by atoms with Gasteiger partial charge in [0, 0.05) is 23.0 Å². The van der Waals surface area contributed by atoms with Crippen LogP contribution in [0.5, 0.6) is 17.2 Å². The summed E-state index contributed by atoms with van der Waals surface area (Å²) in [5.74, 6) is 0.568. The maximum atomic E-state index is 10.2. The molecule has 0 radical (unpaired) electrons. The molecule has 1 aromatic carbocycles. The zero-order valence-corrected chi connectivity index (χ0v) is 15.1. The first kappa shape index (κ1) is 16.8. The van der Waals surface area contributed by atoms with Crippen molar-refractivity contribution in [2.75, 3.05) is 14.2 Å². The van der Waals surface area contributed by atoms with E-state index in [1.165, 1.54) is 14.2 Å². The molecule has 0 spiro atoms. The van der Waals surface area contributed by atoms with Gasteiger partial charge in [-0.3, -0.25) is 10.1 Å². The summed E-state index contributed by atoms with van der Waals surface area (Å²) >= 11 is 0. The molecular formula is C20H18N4O3. The van der Waals surface area contributed by atoms with Crippen molar-refractivity contribution in [2.45, 2.75) is 6.92 Å². The Bertz CT molecular complexity index is 1100. The Morgan fingerprint density at radius 1 is 1.00 bits per heavy atom. The lowest BCUT2D eigenvalue weighted by Gasteiger charge is -2.12. The number of pyridine rings is 2. The van der Waals surface area contributed by atoms with Gasteiger partial charge >= 0.3 is 0 Å². The van der Waals surface area contributed by atoms with Gasteiger partial charge < -0.3 is 14.6 Å². The second kappa shape index (κ2) is 6.60. The van der Waals surface area contributed by atoms with E-state index in [0.717, 1.165) is 27.9 Å². The van der Waals surface area contributed by atoms with Crippen LogP contribution in [-0.4, -0.2) is 39.5 Å². The molecule has 3 heterocycles. The van der Waals surface area contributed by atoms with E-state index in [0.29, 0.717) is 22.8 Å². The van der Waals surface area contributed by atoms with Gasteiger partial charge in [-0.15, -0.1) is 0 Å². The van der Waals surface area contributed by atoms with Crippen LogP contribution in [0.1, 0.15) is 5.69 Å². The quantitative estimate of drug-likeness (QED) is 0.575. The summed E-state index contributed by atoms with van der Waals surface area (Å²) in [6.45, 7) is 1.95. The van der Waals surface area contributed by atoms with E-state index in [4.69, 9.17) is 9.47 Å². The summed E-state index contributed by atoms with van der Waals surface area (Å²) in [5, 5.41) is 18.4. The van der Waals surface area contributed by atoms with Gasteiger partial charge in [-0.1, -0.05) is 6.07 Å². The molecule has 7 nitrogen and oxygen atoms in total. The predicted octanol–water partition coefficient (Wildman–Crippen LogP) is 3.72. The number of phenolic OH excluding ortho intramolecular Hbond substituents is 1. The number of fused-ring (bicyclic) bond motifs is 1. The fraction of sp³-hybridized carbons (Fsp3) is 0.150. The highest BCUT2D eigenvalue weighted by Gasteiger charge is 2.17. The Balaban J connectivity index is 1.99. The number of hydrogen-bond acceptors (Lipinski definition) is 6. The van der Waals surface area contributed by atoms with Crippen molar-refractivity contribution in [3.05, 3.63) is 48.3 Å². The fourth-order valence-electron chi connectivity index (χ4n) is 3.09. The van der Waals surface area contributed by atoms with Gasteiger partial charge in [0.2, 0.25) is 5.75 Å². The van der Waals surface area contributed by atoms with Crippen LogP contribution in [0.2, 0.25) is 0 Å². The van der Waals surface area contributed by atoms with Crippen LogP contribution in [0.4, 0.5) is 0 Å². The number of rotatable bonds is 4. The number of ether oxygens (including phenoxy) is 2. The van der Waals surface area contributed by atoms with Crippen molar-refractivity contribution in [3.63, 3.8) is 0 Å². The van der Waals surface area contributed by atoms with Gasteiger partial charge in [-0.05, 0) is 37.3 Å². The van der Waals surface area contributed by atoms with Crippen molar-refractivity contribution in [3.8, 4) is 39.8 Å². The van der Waals surface area contributed by atoms with Crippen molar-refractivity contribution >= 4 is 11.0 Å². The summed E-state index contributed by atoms with van der Waals surface area (Å²) in [5.41, 5.74) is 4.68. The van der Waals surface area contributed by atoms with E-state index in [1.54, 1.807) is 18.3 Å². The summed E-state index contributed by atoms with van der Waals surface area (Å²) in [6, 6.07) is 11.2. The number of aromatic nitrogens is 4. The van der Waals surface area contributed by atoms with Crippen LogP contribution < -0.4 is 9.47 Å². The molecule has 0 aliphatic heterocycles. The molecule has 0 fully saturated rings. The minimum atomic E-state index is -0.0506. The van der Waals surface area contributed by atoms with Crippen LogP contribution in [0.3, 0.4) is 0 Å². The number of nitrogens with zero attached hydrogens (tertiary/aromatic N) is 3. The zero-order chi connectivity index (χ0) is 19.0. The van der Waals surface area contributed by atoms with Crippen molar-refractivity contribution in [1.29, 1.82) is 0 Å². The molecule has 0 saturated carbocycles. The van der Waals surface area contributed by atoms with Crippen LogP contribution >= 0.6 is 0 Å². The van der Waals surface area contributed by atoms with Gasteiger partial charge in [0.25, 0.3) is 0 Å². The molecular weight excluding hydrogens is 344 g/mol. The topological polar surface area (TPSA) is 93.2 Å². The first-order valence-corrected chi connectivity index (χ1v) is 8.35. The van der Waals surface area contributed by atoms with Gasteiger partial charge in [0.15, 0.2) is 17.1 Å². The molecule has 0 atom stereocenters. The smallest absolute Gasteiger partial charge is 0.200 e. The third kappa shape index (κ3) is 2.83. The number of methoxy groups -OCH3 is 2. The van der Waals surface area contributed by atoms with E-state index in [2.05, 4.69) is 20.2 Å². The molecule has 0 bridgehead atoms. The number of phenols is 1. The van der Waals surface area contributed by atoms with Crippen LogP contribution in [0, 0.1) is 6.92 Å². The molecule has 0 unspecified atom stereocenters. The third-order valence-electron chi connectivity index (χ3n) is 4.42. The molecule has 27 heavy (non-hydrogen) atoms. The Hall–Kier alpha value is -3.61. The van der Waals surface area contributed by atoms with Crippen LogP contribution in [0.25, 0.3) is 33.5 Å². The number of nitrogens with one attached hydrogen (secondary N) is 1. The number of H-pyrrole nitrogens is 1. The Morgan fingerprint density at radius 2 is 1.74 bits per heavy atom. The largest absolute Gasteiger partial charge is 0.502 e. The first-order valence-electron chi connectivity index (χ1n) is 8.35. The second-order valence-corrected chi connectivity index (χ2v) is 6.05. The molecule has 2 N–H and O–H groups in total. The normalized spacial score (nSPS) is 10.9. The van der Waals surface area contributed by atoms with E-state index in [-0.39, 0.29) is 5.75 Å². The fourth-order valence-corrected chi connectivity index (χ4v) is 3.09. The SMILES string of the molecule is COc1cc(-c2cc(-c3ccccn3)c3c(C)[nH]nc3n2)cc(OC)c1O. The van der Waals surface area contributed by atoms with Gasteiger partial charge in [-0.2, -0.15) is 5.10 Å². The minimum absolute atomic E-state index is 0.0506. The van der Waals surface area contributed by atoms with E-state index >= 15 is 0 Å². The average Bonchev–Trinajstić information content (AvgIpc) is 3.09. The highest BCUT2D eigenvalue weighted by Crippen LogP contribution is 2.41. The predicted molar refractivity (Wildman–Crippen MR) is 102 cm³/mol. The van der Waals surface area contributed by atoms with Crippen molar-refractivity contribution in [2.24, 2.45) is 0 Å². The average molecular weight is 362 g/mol. The molecule has 0 aliphatic rings. The van der Waals surface area contributed by atoms with E-state index in [1.807, 2.05) is 31.2 Å². The van der Waals surface area contributed by atoms with Crippen LogP contribution in [0.15, 0.2) is 42.6 Å². The van der Waals surface area contributed by atoms with Gasteiger partial charge in [-0.25, -0.2) is 4.98 Å². The summed E-state index contributed by atoms with van der Waals surface area (Å²) in [6.07, 6.45) is 1.75. The third-order valence-corrected chi connectivity index (χ3v) is 4.42. The maximum Gasteiger partial charge on any atom is 0.200 e. The lowest BCUT2D eigenvalue weighted by molar-refractivity contribution is 0.340. The highest BCUT2D eigenvalue weighted by molar-refractivity contribution is 5.96. The molecule has 3 aromatic heterocycles. The minimum Gasteiger partial charge on any atom is -0.502 e. The number of hydrogen-bond donors (Lipinski definition) is 2. The zero-order valence-electron chi connectivity index (χ0n) is 15.1. The maximum absolute atomic E-state index is 10.2. The summed E-state index contributed by atoms with van der Waals surface area (Å²) in [7, 11) is 2.98. The molecule has 136 valence electrons. The lowest BCUT2D eigenvalue weighted by atomic mass is 10.0. The molecule has 0 amide bonds. The molecule has 0 aliphatic carbocycles. The van der Waals surface area contributed by atoms with Crippen molar-refractivity contribution in [1.82, 2.24) is 20.2 Å². The number of aromatic amines is 1. The second-order valence-electron chi connectivity index (χ2n) is 6.05. The number of benzene rings is 1. The van der Waals surface area contributed by atoms with Gasteiger partial charge in [0.1, 0.15) is 0 Å². The molecule has 4 rings (SSSR count). The Morgan fingerprint density at radius 3 is 2.37 bits per heavy atom.